The molecule has 2 N–H and O–H groups in total. The molecule has 0 spiro atoms. The summed E-state index contributed by atoms with van der Waals surface area (Å²) in [5.74, 6) is 3.69. The summed E-state index contributed by atoms with van der Waals surface area (Å²) in [5.41, 5.74) is 0.514. The van der Waals surface area contributed by atoms with Gasteiger partial charge >= 0.3 is 0 Å². The van der Waals surface area contributed by atoms with Gasteiger partial charge in [-0.3, -0.25) is 0 Å². The van der Waals surface area contributed by atoms with Gasteiger partial charge in [0.25, 0.3) is 0 Å². The molecule has 4 aliphatic rings. The second kappa shape index (κ2) is 4.50. The molecule has 2 nitrogen and oxygen atoms in total. The van der Waals surface area contributed by atoms with Crippen LogP contribution in [0, 0.1) is 34.5 Å². The fraction of sp³-hybridized carbons (Fsp3) is 0.895. The third-order valence-corrected chi connectivity index (χ3v) is 8.18. The predicted octanol–water partition coefficient (Wildman–Crippen LogP) is 4.44. The molecule has 0 aromatic carbocycles. The predicted molar refractivity (Wildman–Crippen MR) is 83.8 cm³/mol. The molecule has 4 rings (SSSR count). The van der Waals surface area contributed by atoms with Gasteiger partial charge in [0.15, 0.2) is 0 Å². The average molecular weight is 290 g/mol. The Balaban J connectivity index is 1.63. The first kappa shape index (κ1) is 14.1. The number of hydrogen-bond donors (Lipinski definition) is 2. The van der Waals surface area contributed by atoms with E-state index < -0.39 is 0 Å². The molecular formula is C19H30O2. The van der Waals surface area contributed by atoms with Crippen molar-refractivity contribution in [2.45, 2.75) is 71.3 Å². The molecule has 0 aromatic rings. The van der Waals surface area contributed by atoms with E-state index in [9.17, 15) is 10.2 Å². The summed E-state index contributed by atoms with van der Waals surface area (Å²) in [4.78, 5) is 0. The van der Waals surface area contributed by atoms with Gasteiger partial charge < -0.3 is 10.2 Å². The highest BCUT2D eigenvalue weighted by Gasteiger charge is 2.58. The molecule has 0 saturated heterocycles. The Morgan fingerprint density at radius 2 is 1.86 bits per heavy atom. The monoisotopic (exact) mass is 290 g/mol. The van der Waals surface area contributed by atoms with E-state index in [1.54, 1.807) is 0 Å². The van der Waals surface area contributed by atoms with Gasteiger partial charge in [0.05, 0.1) is 11.9 Å². The van der Waals surface area contributed by atoms with E-state index in [4.69, 9.17) is 0 Å². The van der Waals surface area contributed by atoms with Crippen molar-refractivity contribution < 1.29 is 10.2 Å². The van der Waals surface area contributed by atoms with Crippen molar-refractivity contribution in [3.63, 3.8) is 0 Å². The highest BCUT2D eigenvalue weighted by molar-refractivity contribution is 5.20. The first-order chi connectivity index (χ1) is 9.95. The fourth-order valence-corrected chi connectivity index (χ4v) is 6.78. The number of rotatable bonds is 0. The van der Waals surface area contributed by atoms with E-state index in [2.05, 4.69) is 19.9 Å². The van der Waals surface area contributed by atoms with Crippen LogP contribution in [-0.2, 0) is 0 Å². The number of fused-ring (bicyclic) bond motifs is 5. The molecule has 0 aromatic heterocycles. The maximum Gasteiger partial charge on any atom is 0.0944 e. The van der Waals surface area contributed by atoms with Crippen molar-refractivity contribution >= 4 is 0 Å². The molecule has 2 unspecified atom stereocenters. The maximum absolute atomic E-state index is 10.3. The van der Waals surface area contributed by atoms with E-state index in [0.29, 0.717) is 17.1 Å². The summed E-state index contributed by atoms with van der Waals surface area (Å²) in [6.45, 7) is 4.82. The number of hydrogen-bond acceptors (Lipinski definition) is 2. The highest BCUT2D eigenvalue weighted by Crippen LogP contribution is 2.65. The largest absolute Gasteiger partial charge is 0.512 e. The lowest BCUT2D eigenvalue weighted by Crippen LogP contribution is -2.53. The lowest BCUT2D eigenvalue weighted by atomic mass is 9.45. The molecule has 2 heteroatoms. The van der Waals surface area contributed by atoms with Crippen LogP contribution in [0.3, 0.4) is 0 Å². The summed E-state index contributed by atoms with van der Waals surface area (Å²) in [6.07, 6.45) is 11.4. The third kappa shape index (κ3) is 1.81. The molecule has 3 fully saturated rings. The topological polar surface area (TPSA) is 40.5 Å². The SMILES string of the molecule is C[C@]12CCC(O)CC1CC[C@@H]1[C@H]2CC[C@]2(C)C(O)=CC[C@@H]12. The van der Waals surface area contributed by atoms with Gasteiger partial charge in [0.1, 0.15) is 0 Å². The van der Waals surface area contributed by atoms with E-state index in [1.807, 2.05) is 0 Å². The Hall–Kier alpha value is -0.500. The second-order valence-electron chi connectivity index (χ2n) is 8.87. The Kier molecular flexibility index (Phi) is 3.03. The Morgan fingerprint density at radius 3 is 2.67 bits per heavy atom. The van der Waals surface area contributed by atoms with Gasteiger partial charge in [-0.05, 0) is 86.5 Å². The van der Waals surface area contributed by atoms with Crippen LogP contribution in [0.15, 0.2) is 11.8 Å². The molecular weight excluding hydrogens is 260 g/mol. The molecule has 0 radical (unpaired) electrons. The van der Waals surface area contributed by atoms with Gasteiger partial charge in [-0.15, -0.1) is 0 Å². The van der Waals surface area contributed by atoms with Gasteiger partial charge in [0, 0.05) is 5.41 Å². The second-order valence-corrected chi connectivity index (χ2v) is 8.87. The fourth-order valence-electron chi connectivity index (χ4n) is 6.78. The number of aliphatic hydroxyl groups excluding tert-OH is 2. The minimum Gasteiger partial charge on any atom is -0.512 e. The van der Waals surface area contributed by atoms with Crippen LogP contribution in [0.25, 0.3) is 0 Å². The van der Waals surface area contributed by atoms with Crippen molar-refractivity contribution in [2.24, 2.45) is 34.5 Å². The number of aliphatic hydroxyl groups is 2. The molecule has 0 aliphatic heterocycles. The van der Waals surface area contributed by atoms with Crippen LogP contribution in [0.5, 0.6) is 0 Å². The first-order valence-electron chi connectivity index (χ1n) is 9.03. The van der Waals surface area contributed by atoms with Crippen molar-refractivity contribution in [3.8, 4) is 0 Å². The van der Waals surface area contributed by atoms with E-state index in [1.165, 1.54) is 25.7 Å². The Bertz CT molecular complexity index is 470. The van der Waals surface area contributed by atoms with Crippen LogP contribution in [0.1, 0.15) is 65.2 Å². The Labute approximate surface area is 128 Å². The lowest BCUT2D eigenvalue weighted by Gasteiger charge is -2.60. The minimum atomic E-state index is -0.0503. The zero-order chi connectivity index (χ0) is 14.8. The van der Waals surface area contributed by atoms with Crippen molar-refractivity contribution in [2.75, 3.05) is 0 Å². The average Bonchev–Trinajstić information content (AvgIpc) is 2.76. The third-order valence-electron chi connectivity index (χ3n) is 8.18. The number of allylic oxidation sites excluding steroid dienone is 2. The van der Waals surface area contributed by atoms with Crippen LogP contribution in [-0.4, -0.2) is 16.3 Å². The van der Waals surface area contributed by atoms with Crippen LogP contribution in [0.4, 0.5) is 0 Å². The maximum atomic E-state index is 10.3. The quantitative estimate of drug-likeness (QED) is 0.692. The first-order valence-corrected chi connectivity index (χ1v) is 9.03. The van der Waals surface area contributed by atoms with E-state index in [0.717, 1.165) is 43.4 Å². The Morgan fingerprint density at radius 1 is 1.05 bits per heavy atom. The summed E-state index contributed by atoms with van der Waals surface area (Å²) < 4.78 is 0. The van der Waals surface area contributed by atoms with Gasteiger partial charge in [-0.25, -0.2) is 0 Å². The smallest absolute Gasteiger partial charge is 0.0944 e. The van der Waals surface area contributed by atoms with E-state index >= 15 is 0 Å². The van der Waals surface area contributed by atoms with Crippen LogP contribution < -0.4 is 0 Å². The van der Waals surface area contributed by atoms with E-state index in [-0.39, 0.29) is 11.5 Å². The lowest BCUT2D eigenvalue weighted by molar-refractivity contribution is -0.121. The van der Waals surface area contributed by atoms with Gasteiger partial charge in [-0.1, -0.05) is 13.8 Å². The van der Waals surface area contributed by atoms with Gasteiger partial charge in [-0.2, -0.15) is 0 Å². The molecule has 7 atom stereocenters. The van der Waals surface area contributed by atoms with Crippen molar-refractivity contribution in [3.05, 3.63) is 11.8 Å². The van der Waals surface area contributed by atoms with Crippen molar-refractivity contribution in [1.29, 1.82) is 0 Å². The summed E-state index contributed by atoms with van der Waals surface area (Å²) in [6, 6.07) is 0. The molecule has 0 heterocycles. The van der Waals surface area contributed by atoms with Crippen LogP contribution >= 0.6 is 0 Å². The van der Waals surface area contributed by atoms with Crippen molar-refractivity contribution in [1.82, 2.24) is 0 Å². The van der Waals surface area contributed by atoms with Gasteiger partial charge in [0.2, 0.25) is 0 Å². The molecule has 118 valence electrons. The summed E-state index contributed by atoms with van der Waals surface area (Å²) in [5, 5.41) is 20.4. The molecule has 0 amide bonds. The molecule has 4 aliphatic carbocycles. The molecule has 0 bridgehead atoms. The standard InChI is InChI=1S/C19H30O2/c1-18-9-7-13(20)11-12(18)3-4-14-15-5-6-17(21)19(15,2)10-8-16(14)18/h6,12-16,20-21H,3-5,7-11H2,1-2H3/t12?,13?,14-,15-,16+,18-,19-/m0/s1. The normalized spacial score (nSPS) is 56.1. The van der Waals surface area contributed by atoms with Crippen LogP contribution in [0.2, 0.25) is 0 Å². The summed E-state index contributed by atoms with van der Waals surface area (Å²) in [7, 11) is 0. The molecule has 21 heavy (non-hydrogen) atoms. The highest BCUT2D eigenvalue weighted by atomic mass is 16.3. The zero-order valence-corrected chi connectivity index (χ0v) is 13.5. The minimum absolute atomic E-state index is 0.0503. The summed E-state index contributed by atoms with van der Waals surface area (Å²) >= 11 is 0. The zero-order valence-electron chi connectivity index (χ0n) is 13.5. The molecule has 3 saturated carbocycles.